The average Bonchev–Trinajstić information content (AvgIpc) is 2.16. The molecule has 3 nitrogen and oxygen atoms in total. The highest BCUT2D eigenvalue weighted by Gasteiger charge is 2.09. The van der Waals surface area contributed by atoms with Crippen LogP contribution < -0.4 is 0 Å². The summed E-state index contributed by atoms with van der Waals surface area (Å²) in [7, 11) is 0. The number of carboxylic acids is 1. The summed E-state index contributed by atoms with van der Waals surface area (Å²) < 4.78 is 0. The molecule has 1 rings (SSSR count). The van der Waals surface area contributed by atoms with E-state index in [4.69, 9.17) is 5.11 Å². The summed E-state index contributed by atoms with van der Waals surface area (Å²) in [6.07, 6.45) is -0.979. The normalized spacial score (nSPS) is 12.4. The van der Waals surface area contributed by atoms with Crippen LogP contribution in [0.1, 0.15) is 12.0 Å². The van der Waals surface area contributed by atoms with Crippen molar-refractivity contribution < 1.29 is 15.0 Å². The van der Waals surface area contributed by atoms with Gasteiger partial charge in [0.05, 0.1) is 12.5 Å². The lowest BCUT2D eigenvalue weighted by atomic mass is 10.2. The van der Waals surface area contributed by atoms with Crippen molar-refractivity contribution >= 4 is 17.7 Å². The molecule has 0 bridgehead atoms. The molecule has 1 unspecified atom stereocenters. The van der Waals surface area contributed by atoms with Gasteiger partial charge in [-0.3, -0.25) is 4.79 Å². The Balaban J connectivity index is 2.36. The van der Waals surface area contributed by atoms with Crippen molar-refractivity contribution in [2.24, 2.45) is 0 Å². The lowest BCUT2D eigenvalue weighted by molar-refractivity contribution is -0.138. The van der Waals surface area contributed by atoms with Crippen molar-refractivity contribution in [3.63, 3.8) is 0 Å². The molecule has 0 aromatic heterocycles. The second-order valence-corrected chi connectivity index (χ2v) is 4.47. The molecule has 1 atom stereocenters. The van der Waals surface area contributed by atoms with Gasteiger partial charge in [-0.15, -0.1) is 11.8 Å². The predicted molar refractivity (Wildman–Crippen MR) is 60.2 cm³/mol. The monoisotopic (exact) mass is 226 g/mol. The van der Waals surface area contributed by atoms with Crippen LogP contribution in [0.15, 0.2) is 29.2 Å². The first-order valence-corrected chi connectivity index (χ1v) is 5.66. The average molecular weight is 226 g/mol. The van der Waals surface area contributed by atoms with Gasteiger partial charge in [0.15, 0.2) is 0 Å². The first kappa shape index (κ1) is 12.1. The van der Waals surface area contributed by atoms with Gasteiger partial charge in [0, 0.05) is 10.6 Å². The van der Waals surface area contributed by atoms with Gasteiger partial charge < -0.3 is 10.2 Å². The number of carboxylic acid groups (broad SMARTS) is 1. The highest BCUT2D eigenvalue weighted by atomic mass is 32.2. The molecule has 0 saturated heterocycles. The Morgan fingerprint density at radius 1 is 1.40 bits per heavy atom. The lowest BCUT2D eigenvalue weighted by Crippen LogP contribution is -2.15. The molecule has 0 radical (unpaired) electrons. The lowest BCUT2D eigenvalue weighted by Gasteiger charge is -2.07. The molecule has 1 aromatic carbocycles. The maximum absolute atomic E-state index is 10.3. The molecule has 1 aromatic rings. The summed E-state index contributed by atoms with van der Waals surface area (Å²) in [4.78, 5) is 11.3. The molecule has 0 aliphatic rings. The Morgan fingerprint density at radius 3 is 2.53 bits per heavy atom. The van der Waals surface area contributed by atoms with Crippen molar-refractivity contribution in [2.75, 3.05) is 5.75 Å². The first-order valence-electron chi connectivity index (χ1n) is 4.67. The molecule has 2 N–H and O–H groups in total. The summed E-state index contributed by atoms with van der Waals surface area (Å²) in [5, 5.41) is 17.8. The Kier molecular flexibility index (Phi) is 4.65. The Bertz CT molecular complexity index is 321. The van der Waals surface area contributed by atoms with E-state index in [-0.39, 0.29) is 6.42 Å². The quantitative estimate of drug-likeness (QED) is 0.753. The van der Waals surface area contributed by atoms with E-state index in [9.17, 15) is 9.90 Å². The minimum absolute atomic E-state index is 0.196. The van der Waals surface area contributed by atoms with E-state index in [1.54, 1.807) is 0 Å². The second kappa shape index (κ2) is 5.78. The topological polar surface area (TPSA) is 57.5 Å². The van der Waals surface area contributed by atoms with Gasteiger partial charge in [-0.2, -0.15) is 0 Å². The number of aliphatic hydroxyl groups is 1. The number of aliphatic carboxylic acids is 1. The largest absolute Gasteiger partial charge is 0.481 e. The molecule has 0 amide bonds. The molecule has 82 valence electrons. The molecule has 0 aliphatic heterocycles. The Hall–Kier alpha value is -1.00. The standard InChI is InChI=1S/C11H14O3S/c1-8-2-4-10(5-3-8)15-7-9(12)6-11(13)14/h2-5,9,12H,6-7H2,1H3,(H,13,14). The van der Waals surface area contributed by atoms with Gasteiger partial charge in [-0.25, -0.2) is 0 Å². The van der Waals surface area contributed by atoms with Crippen molar-refractivity contribution in [2.45, 2.75) is 24.3 Å². The van der Waals surface area contributed by atoms with Crippen molar-refractivity contribution in [1.29, 1.82) is 0 Å². The molecule has 4 heteroatoms. The number of aryl methyl sites for hydroxylation is 1. The third-order valence-corrected chi connectivity index (χ3v) is 3.03. The summed E-state index contributed by atoms with van der Waals surface area (Å²) in [6.45, 7) is 2.01. The first-order chi connectivity index (χ1) is 7.08. The summed E-state index contributed by atoms with van der Waals surface area (Å²) in [6, 6.07) is 7.92. The third kappa shape index (κ3) is 4.85. The van der Waals surface area contributed by atoms with E-state index in [1.807, 2.05) is 31.2 Å². The van der Waals surface area contributed by atoms with Crippen LogP contribution in [0.4, 0.5) is 0 Å². The van der Waals surface area contributed by atoms with Crippen LogP contribution in [-0.4, -0.2) is 28.0 Å². The van der Waals surface area contributed by atoms with E-state index in [0.29, 0.717) is 5.75 Å². The number of hydrogen-bond acceptors (Lipinski definition) is 3. The van der Waals surface area contributed by atoms with Gasteiger partial charge in [-0.1, -0.05) is 17.7 Å². The van der Waals surface area contributed by atoms with Crippen LogP contribution in [0.5, 0.6) is 0 Å². The highest BCUT2D eigenvalue weighted by Crippen LogP contribution is 2.19. The van der Waals surface area contributed by atoms with Crippen LogP contribution in [0.3, 0.4) is 0 Å². The maximum Gasteiger partial charge on any atom is 0.306 e. The predicted octanol–water partition coefficient (Wildman–Crippen LogP) is 1.92. The molecular weight excluding hydrogens is 212 g/mol. The molecule has 0 fully saturated rings. The second-order valence-electron chi connectivity index (χ2n) is 3.38. The highest BCUT2D eigenvalue weighted by molar-refractivity contribution is 7.99. The van der Waals surface area contributed by atoms with Gasteiger partial charge in [0.25, 0.3) is 0 Å². The van der Waals surface area contributed by atoms with Gasteiger partial charge in [0.2, 0.25) is 0 Å². The number of thioether (sulfide) groups is 1. The Labute approximate surface area is 93.1 Å². The van der Waals surface area contributed by atoms with E-state index < -0.39 is 12.1 Å². The van der Waals surface area contributed by atoms with E-state index in [1.165, 1.54) is 17.3 Å². The SMILES string of the molecule is Cc1ccc(SCC(O)CC(=O)O)cc1. The van der Waals surface area contributed by atoms with Gasteiger partial charge >= 0.3 is 5.97 Å². The number of hydrogen-bond donors (Lipinski definition) is 2. The van der Waals surface area contributed by atoms with Crippen molar-refractivity contribution in [3.8, 4) is 0 Å². The molecule has 15 heavy (non-hydrogen) atoms. The molecule has 0 saturated carbocycles. The zero-order valence-electron chi connectivity index (χ0n) is 8.51. The molecular formula is C11H14O3S. The van der Waals surface area contributed by atoms with Gasteiger partial charge in [0.1, 0.15) is 0 Å². The molecule has 0 aliphatic carbocycles. The fourth-order valence-electron chi connectivity index (χ4n) is 1.09. The molecule has 0 heterocycles. The smallest absolute Gasteiger partial charge is 0.306 e. The van der Waals surface area contributed by atoms with Crippen molar-refractivity contribution in [1.82, 2.24) is 0 Å². The zero-order valence-corrected chi connectivity index (χ0v) is 9.33. The fourth-order valence-corrected chi connectivity index (χ4v) is 1.92. The minimum Gasteiger partial charge on any atom is -0.481 e. The summed E-state index contributed by atoms with van der Waals surface area (Å²) >= 11 is 1.47. The van der Waals surface area contributed by atoms with E-state index >= 15 is 0 Å². The van der Waals surface area contributed by atoms with Crippen LogP contribution in [0.25, 0.3) is 0 Å². The minimum atomic E-state index is -0.966. The van der Waals surface area contributed by atoms with Gasteiger partial charge in [-0.05, 0) is 19.1 Å². The van der Waals surface area contributed by atoms with Crippen LogP contribution in [0, 0.1) is 6.92 Å². The van der Waals surface area contributed by atoms with Crippen molar-refractivity contribution in [3.05, 3.63) is 29.8 Å². The summed E-state index contributed by atoms with van der Waals surface area (Å²) in [5.74, 6) is -0.554. The van der Waals surface area contributed by atoms with E-state index in [2.05, 4.69) is 0 Å². The van der Waals surface area contributed by atoms with Crippen LogP contribution in [0.2, 0.25) is 0 Å². The summed E-state index contributed by atoms with van der Waals surface area (Å²) in [5.41, 5.74) is 1.19. The fraction of sp³-hybridized carbons (Fsp3) is 0.364. The number of carbonyl (C=O) groups is 1. The maximum atomic E-state index is 10.3. The third-order valence-electron chi connectivity index (χ3n) is 1.87. The zero-order chi connectivity index (χ0) is 11.3. The van der Waals surface area contributed by atoms with Crippen LogP contribution in [-0.2, 0) is 4.79 Å². The number of aliphatic hydroxyl groups excluding tert-OH is 1. The number of rotatable bonds is 5. The number of benzene rings is 1. The van der Waals surface area contributed by atoms with Crippen LogP contribution >= 0.6 is 11.8 Å². The molecule has 0 spiro atoms. The van der Waals surface area contributed by atoms with E-state index in [0.717, 1.165) is 4.90 Å². The Morgan fingerprint density at radius 2 is 2.00 bits per heavy atom.